The minimum atomic E-state index is -0.474. The average Bonchev–Trinajstić information content (AvgIpc) is 3.14. The number of thiophene rings is 1. The number of hydrogen-bond acceptors (Lipinski definition) is 4. The van der Waals surface area contributed by atoms with Crippen molar-refractivity contribution in [1.29, 1.82) is 0 Å². The first-order valence-electron chi connectivity index (χ1n) is 9.93. The van der Waals surface area contributed by atoms with Crippen LogP contribution in [0, 0.1) is 18.8 Å². The summed E-state index contributed by atoms with van der Waals surface area (Å²) >= 11 is 1.30. The van der Waals surface area contributed by atoms with Gasteiger partial charge in [-0.3, -0.25) is 14.2 Å². The van der Waals surface area contributed by atoms with E-state index in [-0.39, 0.29) is 18.0 Å². The van der Waals surface area contributed by atoms with Crippen LogP contribution in [0.15, 0.2) is 45.3 Å². The van der Waals surface area contributed by atoms with E-state index >= 15 is 0 Å². The fraction of sp³-hybridized carbons (Fsp3) is 0.409. The van der Waals surface area contributed by atoms with Gasteiger partial charge in [0.15, 0.2) is 0 Å². The summed E-state index contributed by atoms with van der Waals surface area (Å²) in [5.41, 5.74) is 1.20. The van der Waals surface area contributed by atoms with Crippen molar-refractivity contribution in [3.63, 3.8) is 0 Å². The van der Waals surface area contributed by atoms with Gasteiger partial charge in [0.05, 0.1) is 11.2 Å². The highest BCUT2D eigenvalue weighted by molar-refractivity contribution is 7.17. The van der Waals surface area contributed by atoms with Crippen LogP contribution in [-0.2, 0) is 11.3 Å². The SMILES string of the molecule is Cc1cccc(-n2c(=O)c3sccc3n(CC(=O)N3C[C@H](C)C[C@H](C)C3)c2=O)c1. The molecule has 0 unspecified atom stereocenters. The van der Waals surface area contributed by atoms with E-state index in [4.69, 9.17) is 0 Å². The number of nitrogens with zero attached hydrogens (tertiary/aromatic N) is 3. The summed E-state index contributed by atoms with van der Waals surface area (Å²) in [6.07, 6.45) is 1.11. The number of carbonyl (C=O) groups is 1. The van der Waals surface area contributed by atoms with Crippen molar-refractivity contribution in [2.24, 2.45) is 11.8 Å². The van der Waals surface area contributed by atoms with Gasteiger partial charge in [-0.15, -0.1) is 11.3 Å². The molecule has 1 fully saturated rings. The van der Waals surface area contributed by atoms with Gasteiger partial charge in [0.2, 0.25) is 5.91 Å². The molecule has 4 rings (SSSR count). The molecule has 3 aromatic rings. The van der Waals surface area contributed by atoms with Gasteiger partial charge >= 0.3 is 5.69 Å². The van der Waals surface area contributed by atoms with Crippen molar-refractivity contribution in [2.75, 3.05) is 13.1 Å². The zero-order chi connectivity index (χ0) is 20.7. The third-order valence-corrected chi connectivity index (χ3v) is 6.42. The van der Waals surface area contributed by atoms with Crippen molar-refractivity contribution in [3.05, 3.63) is 62.1 Å². The highest BCUT2D eigenvalue weighted by atomic mass is 32.1. The molecule has 1 aromatic carbocycles. The lowest BCUT2D eigenvalue weighted by molar-refractivity contribution is -0.134. The maximum atomic E-state index is 13.3. The number of piperidine rings is 1. The van der Waals surface area contributed by atoms with Crippen LogP contribution in [0.5, 0.6) is 0 Å². The molecule has 152 valence electrons. The number of aromatic nitrogens is 2. The lowest BCUT2D eigenvalue weighted by Gasteiger charge is -2.35. The van der Waals surface area contributed by atoms with E-state index < -0.39 is 5.69 Å². The van der Waals surface area contributed by atoms with Gasteiger partial charge in [0, 0.05) is 13.1 Å². The summed E-state index contributed by atoms with van der Waals surface area (Å²) in [4.78, 5) is 41.2. The van der Waals surface area contributed by atoms with Crippen LogP contribution < -0.4 is 11.2 Å². The Labute approximate surface area is 173 Å². The zero-order valence-corrected chi connectivity index (χ0v) is 17.7. The van der Waals surface area contributed by atoms with Gasteiger partial charge in [0.25, 0.3) is 5.56 Å². The van der Waals surface area contributed by atoms with Crippen molar-refractivity contribution in [3.8, 4) is 5.69 Å². The molecule has 0 N–H and O–H groups in total. The second-order valence-corrected chi connectivity index (χ2v) is 9.14. The summed E-state index contributed by atoms with van der Waals surface area (Å²) in [5.74, 6) is 0.816. The van der Waals surface area contributed by atoms with Gasteiger partial charge in [-0.25, -0.2) is 9.36 Å². The maximum absolute atomic E-state index is 13.3. The number of hydrogen-bond donors (Lipinski definition) is 0. The van der Waals surface area contributed by atoms with Gasteiger partial charge in [0.1, 0.15) is 11.2 Å². The molecule has 0 bridgehead atoms. The summed E-state index contributed by atoms with van der Waals surface area (Å²) in [6, 6.07) is 9.04. The van der Waals surface area contributed by atoms with E-state index in [9.17, 15) is 14.4 Å². The fourth-order valence-corrected chi connectivity index (χ4v) is 5.16. The van der Waals surface area contributed by atoms with Crippen molar-refractivity contribution in [2.45, 2.75) is 33.7 Å². The van der Waals surface area contributed by atoms with Gasteiger partial charge in [-0.05, 0) is 54.3 Å². The van der Waals surface area contributed by atoms with Gasteiger partial charge < -0.3 is 4.90 Å². The van der Waals surface area contributed by atoms with Crippen LogP contribution in [0.4, 0.5) is 0 Å². The zero-order valence-electron chi connectivity index (χ0n) is 16.9. The monoisotopic (exact) mass is 411 g/mol. The van der Waals surface area contributed by atoms with Crippen molar-refractivity contribution >= 4 is 27.5 Å². The Bertz CT molecular complexity index is 1180. The number of amides is 1. The molecule has 6 nitrogen and oxygen atoms in total. The predicted molar refractivity (Wildman–Crippen MR) is 116 cm³/mol. The van der Waals surface area contributed by atoms with E-state index in [2.05, 4.69) is 13.8 Å². The lowest BCUT2D eigenvalue weighted by Crippen LogP contribution is -2.46. The molecule has 1 saturated heterocycles. The predicted octanol–water partition coefficient (Wildman–Crippen LogP) is 3.03. The number of benzene rings is 1. The molecule has 3 heterocycles. The first kappa shape index (κ1) is 19.6. The van der Waals surface area contributed by atoms with E-state index in [0.29, 0.717) is 40.8 Å². The molecule has 1 amide bonds. The molecular formula is C22H25N3O3S. The number of carbonyl (C=O) groups excluding carboxylic acids is 1. The third kappa shape index (κ3) is 3.67. The smallest absolute Gasteiger partial charge is 0.336 e. The fourth-order valence-electron chi connectivity index (χ4n) is 4.34. The van der Waals surface area contributed by atoms with Crippen LogP contribution in [0.2, 0.25) is 0 Å². The second-order valence-electron chi connectivity index (χ2n) is 8.23. The lowest BCUT2D eigenvalue weighted by atomic mass is 9.92. The summed E-state index contributed by atoms with van der Waals surface area (Å²) in [5, 5.41) is 1.79. The molecule has 0 aliphatic carbocycles. The van der Waals surface area contributed by atoms with E-state index in [1.807, 2.05) is 30.0 Å². The highest BCUT2D eigenvalue weighted by Crippen LogP contribution is 2.22. The Morgan fingerprint density at radius 2 is 1.86 bits per heavy atom. The van der Waals surface area contributed by atoms with Crippen LogP contribution in [-0.4, -0.2) is 33.0 Å². The van der Waals surface area contributed by atoms with Crippen LogP contribution in [0.3, 0.4) is 0 Å². The molecule has 1 aliphatic heterocycles. The normalized spacial score (nSPS) is 19.6. The van der Waals surface area contributed by atoms with Crippen LogP contribution >= 0.6 is 11.3 Å². The molecule has 7 heteroatoms. The Kier molecular flexibility index (Phi) is 5.17. The Morgan fingerprint density at radius 3 is 2.55 bits per heavy atom. The van der Waals surface area contributed by atoms with Crippen LogP contribution in [0.1, 0.15) is 25.8 Å². The number of aryl methyl sites for hydroxylation is 1. The van der Waals surface area contributed by atoms with Crippen molar-refractivity contribution < 1.29 is 4.79 Å². The largest absolute Gasteiger partial charge is 0.341 e. The Hall–Kier alpha value is -2.67. The first-order chi connectivity index (χ1) is 13.8. The summed E-state index contributed by atoms with van der Waals surface area (Å²) in [6.45, 7) is 7.58. The topological polar surface area (TPSA) is 64.3 Å². The summed E-state index contributed by atoms with van der Waals surface area (Å²) in [7, 11) is 0. The average molecular weight is 412 g/mol. The Balaban J connectivity index is 1.81. The minimum Gasteiger partial charge on any atom is -0.341 e. The van der Waals surface area contributed by atoms with Crippen molar-refractivity contribution in [1.82, 2.24) is 14.0 Å². The first-order valence-corrected chi connectivity index (χ1v) is 10.8. The van der Waals surface area contributed by atoms with E-state index in [1.54, 1.807) is 17.5 Å². The van der Waals surface area contributed by atoms with E-state index in [1.165, 1.54) is 20.5 Å². The minimum absolute atomic E-state index is 0.0579. The molecule has 2 atom stereocenters. The number of fused-ring (bicyclic) bond motifs is 1. The summed E-state index contributed by atoms with van der Waals surface area (Å²) < 4.78 is 3.11. The highest BCUT2D eigenvalue weighted by Gasteiger charge is 2.26. The quantitative estimate of drug-likeness (QED) is 0.666. The number of rotatable bonds is 3. The molecule has 0 saturated carbocycles. The third-order valence-electron chi connectivity index (χ3n) is 5.53. The maximum Gasteiger partial charge on any atom is 0.336 e. The molecule has 1 aliphatic rings. The molecule has 0 radical (unpaired) electrons. The molecule has 29 heavy (non-hydrogen) atoms. The second kappa shape index (κ2) is 7.63. The van der Waals surface area contributed by atoms with E-state index in [0.717, 1.165) is 12.0 Å². The van der Waals surface area contributed by atoms with Gasteiger partial charge in [-0.1, -0.05) is 26.0 Å². The molecule has 2 aromatic heterocycles. The number of likely N-dealkylation sites (tertiary alicyclic amines) is 1. The molecular weight excluding hydrogens is 386 g/mol. The van der Waals surface area contributed by atoms with Crippen LogP contribution in [0.25, 0.3) is 15.9 Å². The molecule has 0 spiro atoms. The Morgan fingerprint density at radius 1 is 1.14 bits per heavy atom. The van der Waals surface area contributed by atoms with Gasteiger partial charge in [-0.2, -0.15) is 0 Å². The standard InChI is InChI=1S/C22H25N3O3S/c1-14-5-4-6-17(10-14)25-21(27)20-18(7-8-29-20)24(22(25)28)13-19(26)23-11-15(2)9-16(3)12-23/h4-8,10,15-16H,9,11-13H2,1-3H3/t15-,16+.